The van der Waals surface area contributed by atoms with E-state index < -0.39 is 44.5 Å². The molecular formula is C15H22NO11P. The Bertz CT molecular complexity index is 745. The molecule has 0 amide bonds. The third-order valence-corrected chi connectivity index (χ3v) is 4.91. The molecule has 1 aliphatic rings. The number of carboxylic acids is 1. The summed E-state index contributed by atoms with van der Waals surface area (Å²) in [5, 5.41) is 41.4. The first-order valence-electron chi connectivity index (χ1n) is 8.02. The van der Waals surface area contributed by atoms with Gasteiger partial charge in [0.2, 0.25) is 6.29 Å². The van der Waals surface area contributed by atoms with Crippen molar-refractivity contribution >= 4 is 19.5 Å². The van der Waals surface area contributed by atoms with Crippen molar-refractivity contribution in [3.05, 3.63) is 23.8 Å². The van der Waals surface area contributed by atoms with Crippen LogP contribution in [0.5, 0.6) is 5.75 Å². The van der Waals surface area contributed by atoms with Gasteiger partial charge in [0.25, 0.3) is 0 Å². The molecule has 1 heterocycles. The standard InChI is InChI=1S/C15H22NO11P/c1-16-8-5-7(6-25-28(22,23)24-2)3-4-9(8)26-15-12(19)10(17)11(18)13(27-15)14(20)21/h3-5,10-13,15-19H,6H2,1-2H3,(H,20,21)(H,22,23). The van der Waals surface area contributed by atoms with Crippen LogP contribution >= 0.6 is 7.82 Å². The lowest BCUT2D eigenvalue weighted by Gasteiger charge is -2.38. The van der Waals surface area contributed by atoms with Gasteiger partial charge in [-0.15, -0.1) is 0 Å². The lowest BCUT2D eigenvalue weighted by Crippen LogP contribution is -2.61. The minimum Gasteiger partial charge on any atom is -0.479 e. The second-order valence-electron chi connectivity index (χ2n) is 5.86. The highest BCUT2D eigenvalue weighted by Gasteiger charge is 2.48. The molecule has 0 saturated carbocycles. The molecule has 2 rings (SSSR count). The average Bonchev–Trinajstić information content (AvgIpc) is 2.67. The van der Waals surface area contributed by atoms with Crippen molar-refractivity contribution in [2.24, 2.45) is 0 Å². The van der Waals surface area contributed by atoms with Gasteiger partial charge in [-0.2, -0.15) is 0 Å². The summed E-state index contributed by atoms with van der Waals surface area (Å²) in [5.74, 6) is -1.40. The van der Waals surface area contributed by atoms with E-state index in [0.29, 0.717) is 11.3 Å². The first-order valence-corrected chi connectivity index (χ1v) is 9.52. The lowest BCUT2D eigenvalue weighted by molar-refractivity contribution is -0.271. The molecule has 6 atom stereocenters. The zero-order chi connectivity index (χ0) is 21.1. The Labute approximate surface area is 159 Å². The van der Waals surface area contributed by atoms with Gasteiger partial charge in [0.15, 0.2) is 6.10 Å². The van der Waals surface area contributed by atoms with Crippen molar-refractivity contribution in [1.29, 1.82) is 0 Å². The molecule has 158 valence electrons. The largest absolute Gasteiger partial charge is 0.479 e. The molecule has 6 unspecified atom stereocenters. The monoisotopic (exact) mass is 423 g/mol. The zero-order valence-electron chi connectivity index (χ0n) is 15.0. The molecule has 0 radical (unpaired) electrons. The number of ether oxygens (including phenoxy) is 2. The van der Waals surface area contributed by atoms with E-state index in [9.17, 15) is 29.6 Å². The number of benzene rings is 1. The van der Waals surface area contributed by atoms with E-state index in [1.54, 1.807) is 7.05 Å². The highest BCUT2D eigenvalue weighted by Crippen LogP contribution is 2.43. The Hall–Kier alpha value is -1.76. The van der Waals surface area contributed by atoms with Crippen molar-refractivity contribution in [2.45, 2.75) is 37.3 Å². The number of nitrogens with one attached hydrogen (secondary N) is 1. The van der Waals surface area contributed by atoms with Gasteiger partial charge in [-0.3, -0.25) is 9.05 Å². The van der Waals surface area contributed by atoms with Crippen LogP contribution in [0.25, 0.3) is 0 Å². The number of hydrogen-bond donors (Lipinski definition) is 6. The predicted octanol–water partition coefficient (Wildman–Crippen LogP) is -0.737. The van der Waals surface area contributed by atoms with Crippen LogP contribution in [0, 0.1) is 0 Å². The van der Waals surface area contributed by atoms with Crippen molar-refractivity contribution in [1.82, 2.24) is 0 Å². The fourth-order valence-electron chi connectivity index (χ4n) is 2.45. The fraction of sp³-hybridized carbons (Fsp3) is 0.533. The molecule has 0 aliphatic carbocycles. The van der Waals surface area contributed by atoms with Crippen LogP contribution in [-0.2, 0) is 29.8 Å². The van der Waals surface area contributed by atoms with Crippen LogP contribution in [0.4, 0.5) is 5.69 Å². The molecule has 1 fully saturated rings. The second-order valence-corrected chi connectivity index (χ2v) is 7.42. The summed E-state index contributed by atoms with van der Waals surface area (Å²) in [6.45, 7) is -0.245. The second kappa shape index (κ2) is 9.16. The lowest BCUT2D eigenvalue weighted by atomic mass is 9.99. The summed E-state index contributed by atoms with van der Waals surface area (Å²) >= 11 is 0. The highest BCUT2D eigenvalue weighted by atomic mass is 31.2. The van der Waals surface area contributed by atoms with Crippen molar-refractivity contribution in [3.8, 4) is 5.75 Å². The number of aliphatic carboxylic acids is 1. The maximum atomic E-state index is 11.4. The predicted molar refractivity (Wildman–Crippen MR) is 92.6 cm³/mol. The van der Waals surface area contributed by atoms with E-state index in [4.69, 9.17) is 19.1 Å². The fourth-order valence-corrected chi connectivity index (χ4v) is 2.87. The summed E-state index contributed by atoms with van der Waals surface area (Å²) in [7, 11) is -1.57. The molecule has 0 aromatic heterocycles. The normalized spacial score (nSPS) is 29.7. The highest BCUT2D eigenvalue weighted by molar-refractivity contribution is 7.47. The first kappa shape index (κ1) is 22.5. The Morgan fingerprint density at radius 3 is 2.50 bits per heavy atom. The summed E-state index contributed by atoms with van der Waals surface area (Å²) in [6.07, 6.45) is -8.69. The van der Waals surface area contributed by atoms with Crippen LogP contribution in [-0.4, -0.2) is 76.2 Å². The molecule has 13 heteroatoms. The first-order chi connectivity index (χ1) is 13.1. The van der Waals surface area contributed by atoms with Crippen LogP contribution in [0.3, 0.4) is 0 Å². The summed E-state index contributed by atoms with van der Waals surface area (Å²) in [5.41, 5.74) is 0.835. The number of anilines is 1. The molecule has 1 saturated heterocycles. The molecule has 0 bridgehead atoms. The van der Waals surface area contributed by atoms with Gasteiger partial charge in [-0.05, 0) is 17.7 Å². The van der Waals surface area contributed by atoms with Gasteiger partial charge in [0.1, 0.15) is 24.1 Å². The topological polar surface area (TPSA) is 184 Å². The number of phosphoric acid groups is 1. The Balaban J connectivity index is 2.16. The van der Waals surface area contributed by atoms with Crippen LogP contribution < -0.4 is 10.1 Å². The third kappa shape index (κ3) is 5.19. The van der Waals surface area contributed by atoms with E-state index in [1.165, 1.54) is 18.2 Å². The van der Waals surface area contributed by atoms with Crippen LogP contribution in [0.2, 0.25) is 0 Å². The van der Waals surface area contributed by atoms with Crippen LogP contribution in [0.15, 0.2) is 18.2 Å². The number of carboxylic acid groups (broad SMARTS) is 1. The molecular weight excluding hydrogens is 401 g/mol. The van der Waals surface area contributed by atoms with E-state index in [0.717, 1.165) is 7.11 Å². The number of rotatable bonds is 8. The minimum atomic E-state index is -4.15. The molecule has 28 heavy (non-hydrogen) atoms. The van der Waals surface area contributed by atoms with Gasteiger partial charge in [0.05, 0.1) is 12.3 Å². The molecule has 0 spiro atoms. The number of carbonyl (C=O) groups is 1. The van der Waals surface area contributed by atoms with E-state index in [1.807, 2.05) is 0 Å². The maximum absolute atomic E-state index is 11.4. The third-order valence-electron chi connectivity index (χ3n) is 3.99. The molecule has 12 nitrogen and oxygen atoms in total. The minimum absolute atomic E-state index is 0.127. The van der Waals surface area contributed by atoms with E-state index >= 15 is 0 Å². The van der Waals surface area contributed by atoms with Gasteiger partial charge < -0.3 is 40.1 Å². The molecule has 1 aromatic rings. The number of hydrogen-bond acceptors (Lipinski definition) is 10. The number of aliphatic hydroxyl groups is 3. The van der Waals surface area contributed by atoms with E-state index in [-0.39, 0.29) is 12.4 Å². The Morgan fingerprint density at radius 2 is 1.93 bits per heavy atom. The number of phosphoric ester groups is 1. The van der Waals surface area contributed by atoms with Gasteiger partial charge >= 0.3 is 13.8 Å². The van der Waals surface area contributed by atoms with E-state index in [2.05, 4.69) is 9.84 Å². The average molecular weight is 423 g/mol. The summed E-state index contributed by atoms with van der Waals surface area (Å²) in [6, 6.07) is 4.42. The van der Waals surface area contributed by atoms with Crippen molar-refractivity contribution in [2.75, 3.05) is 19.5 Å². The van der Waals surface area contributed by atoms with Crippen molar-refractivity contribution in [3.63, 3.8) is 0 Å². The summed E-state index contributed by atoms with van der Waals surface area (Å²) in [4.78, 5) is 20.4. The quantitative estimate of drug-likeness (QED) is 0.288. The smallest absolute Gasteiger partial charge is 0.472 e. The molecule has 1 aliphatic heterocycles. The summed E-state index contributed by atoms with van der Waals surface area (Å²) < 4.78 is 31.0. The van der Waals surface area contributed by atoms with Gasteiger partial charge in [0, 0.05) is 14.2 Å². The maximum Gasteiger partial charge on any atom is 0.472 e. The Kier molecular flexibility index (Phi) is 7.37. The van der Waals surface area contributed by atoms with Crippen molar-refractivity contribution < 1.29 is 53.2 Å². The van der Waals surface area contributed by atoms with Crippen LogP contribution in [0.1, 0.15) is 5.56 Å². The molecule has 6 N–H and O–H groups in total. The SMILES string of the molecule is CNc1cc(COP(=O)(O)OC)ccc1OC1OC(C(=O)O)C(O)C(O)C1O. The number of aliphatic hydroxyl groups excluding tert-OH is 3. The van der Waals surface area contributed by atoms with Gasteiger partial charge in [-0.25, -0.2) is 9.36 Å². The Morgan fingerprint density at radius 1 is 1.25 bits per heavy atom. The van der Waals surface area contributed by atoms with Gasteiger partial charge in [-0.1, -0.05) is 6.07 Å². The zero-order valence-corrected chi connectivity index (χ0v) is 15.9. The molecule has 1 aromatic carbocycles.